The van der Waals surface area contributed by atoms with Crippen molar-refractivity contribution < 1.29 is 14.3 Å². The van der Waals surface area contributed by atoms with Gasteiger partial charge < -0.3 is 20.1 Å². The summed E-state index contributed by atoms with van der Waals surface area (Å²) in [5, 5.41) is 0. The first-order valence-corrected chi connectivity index (χ1v) is 6.43. The Hall–Kier alpha value is -0.650. The molecule has 1 amide bonds. The Kier molecular flexibility index (Phi) is 4.36. The standard InChI is InChI=1S/C12H22N2O3/c1-14(8-10-3-2-6-16-10)12(15)11-5-4-9(7-13)17-11/h9-11H,2-8,13H2,1H3/t9-,10?,11+/m1/s1. The molecule has 0 bridgehead atoms. The molecule has 0 spiro atoms. The number of carbonyl (C=O) groups excluding carboxylic acids is 1. The third kappa shape index (κ3) is 3.18. The van der Waals surface area contributed by atoms with E-state index in [1.165, 1.54) is 0 Å². The molecule has 0 aromatic rings. The molecule has 2 heterocycles. The fraction of sp³-hybridized carbons (Fsp3) is 0.917. The minimum Gasteiger partial charge on any atom is -0.376 e. The molecule has 2 fully saturated rings. The molecule has 5 heteroatoms. The molecule has 2 N–H and O–H groups in total. The maximum atomic E-state index is 12.1. The molecule has 2 saturated heterocycles. The first-order valence-electron chi connectivity index (χ1n) is 6.43. The predicted octanol–water partition coefficient (Wildman–Crippen LogP) is 0.130. The van der Waals surface area contributed by atoms with E-state index in [1.807, 2.05) is 7.05 Å². The zero-order chi connectivity index (χ0) is 12.3. The molecule has 0 aliphatic carbocycles. The van der Waals surface area contributed by atoms with Crippen molar-refractivity contribution in [3.8, 4) is 0 Å². The maximum Gasteiger partial charge on any atom is 0.251 e. The Bertz CT molecular complexity index is 266. The normalized spacial score (nSPS) is 32.9. The van der Waals surface area contributed by atoms with Gasteiger partial charge in [-0.2, -0.15) is 0 Å². The van der Waals surface area contributed by atoms with Crippen molar-refractivity contribution >= 4 is 5.91 Å². The quantitative estimate of drug-likeness (QED) is 0.761. The fourth-order valence-corrected chi connectivity index (χ4v) is 2.49. The number of rotatable bonds is 4. The summed E-state index contributed by atoms with van der Waals surface area (Å²) in [6, 6.07) is 0. The number of hydrogen-bond donors (Lipinski definition) is 1. The fourth-order valence-electron chi connectivity index (χ4n) is 2.49. The van der Waals surface area contributed by atoms with Gasteiger partial charge in [0.1, 0.15) is 6.10 Å². The van der Waals surface area contributed by atoms with Crippen LogP contribution in [0.3, 0.4) is 0 Å². The van der Waals surface area contributed by atoms with Crippen LogP contribution >= 0.6 is 0 Å². The van der Waals surface area contributed by atoms with Crippen molar-refractivity contribution in [1.82, 2.24) is 4.90 Å². The zero-order valence-electron chi connectivity index (χ0n) is 10.4. The maximum absolute atomic E-state index is 12.1. The molecule has 5 nitrogen and oxygen atoms in total. The van der Waals surface area contributed by atoms with Gasteiger partial charge in [0.05, 0.1) is 12.2 Å². The summed E-state index contributed by atoms with van der Waals surface area (Å²) in [6.45, 7) is 1.99. The lowest BCUT2D eigenvalue weighted by atomic mass is 10.1. The van der Waals surface area contributed by atoms with E-state index >= 15 is 0 Å². The van der Waals surface area contributed by atoms with Crippen molar-refractivity contribution in [2.24, 2.45) is 5.73 Å². The van der Waals surface area contributed by atoms with Crippen LogP contribution in [-0.2, 0) is 14.3 Å². The third-order valence-corrected chi connectivity index (χ3v) is 3.52. The first kappa shape index (κ1) is 12.8. The molecular formula is C12H22N2O3. The number of hydrogen-bond acceptors (Lipinski definition) is 4. The van der Waals surface area contributed by atoms with Gasteiger partial charge in [-0.25, -0.2) is 0 Å². The van der Waals surface area contributed by atoms with Crippen LogP contribution in [0.4, 0.5) is 0 Å². The van der Waals surface area contributed by atoms with E-state index in [0.717, 1.165) is 32.3 Å². The van der Waals surface area contributed by atoms with E-state index in [1.54, 1.807) is 4.90 Å². The lowest BCUT2D eigenvalue weighted by Crippen LogP contribution is -2.40. The summed E-state index contributed by atoms with van der Waals surface area (Å²) in [5.74, 6) is 0.0662. The van der Waals surface area contributed by atoms with E-state index < -0.39 is 0 Å². The highest BCUT2D eigenvalue weighted by Gasteiger charge is 2.32. The van der Waals surface area contributed by atoms with Crippen LogP contribution in [0.1, 0.15) is 25.7 Å². The van der Waals surface area contributed by atoms with Crippen molar-refractivity contribution in [2.45, 2.75) is 44.0 Å². The Morgan fingerprint density at radius 2 is 2.18 bits per heavy atom. The second kappa shape index (κ2) is 5.80. The molecule has 0 saturated carbocycles. The first-order chi connectivity index (χ1) is 8.20. The van der Waals surface area contributed by atoms with E-state index in [-0.39, 0.29) is 24.2 Å². The average Bonchev–Trinajstić information content (AvgIpc) is 2.98. The van der Waals surface area contributed by atoms with Crippen LogP contribution < -0.4 is 5.73 Å². The van der Waals surface area contributed by atoms with Crippen LogP contribution in [0, 0.1) is 0 Å². The summed E-state index contributed by atoms with van der Waals surface area (Å²) < 4.78 is 11.1. The van der Waals surface area contributed by atoms with E-state index in [4.69, 9.17) is 15.2 Å². The largest absolute Gasteiger partial charge is 0.376 e. The monoisotopic (exact) mass is 242 g/mol. The highest BCUT2D eigenvalue weighted by atomic mass is 16.5. The third-order valence-electron chi connectivity index (χ3n) is 3.52. The summed E-state index contributed by atoms with van der Waals surface area (Å²) in [4.78, 5) is 13.8. The topological polar surface area (TPSA) is 64.8 Å². The minimum absolute atomic E-state index is 0.0556. The van der Waals surface area contributed by atoms with Crippen LogP contribution in [0.5, 0.6) is 0 Å². The average molecular weight is 242 g/mol. The second-order valence-electron chi connectivity index (χ2n) is 4.91. The van der Waals surface area contributed by atoms with Crippen LogP contribution in [0.15, 0.2) is 0 Å². The molecular weight excluding hydrogens is 220 g/mol. The van der Waals surface area contributed by atoms with Gasteiger partial charge in [-0.05, 0) is 25.7 Å². The number of nitrogens with zero attached hydrogens (tertiary/aromatic N) is 1. The highest BCUT2D eigenvalue weighted by molar-refractivity contribution is 5.81. The molecule has 3 atom stereocenters. The molecule has 17 heavy (non-hydrogen) atoms. The molecule has 1 unspecified atom stereocenters. The predicted molar refractivity (Wildman–Crippen MR) is 63.6 cm³/mol. The van der Waals surface area contributed by atoms with Gasteiger partial charge in [-0.1, -0.05) is 0 Å². The summed E-state index contributed by atoms with van der Waals surface area (Å²) >= 11 is 0. The molecule has 0 aromatic heterocycles. The Labute approximate surface area is 102 Å². The van der Waals surface area contributed by atoms with Gasteiger partial charge in [0.15, 0.2) is 0 Å². The van der Waals surface area contributed by atoms with Crippen molar-refractivity contribution in [3.05, 3.63) is 0 Å². The van der Waals surface area contributed by atoms with Crippen molar-refractivity contribution in [3.63, 3.8) is 0 Å². The smallest absolute Gasteiger partial charge is 0.251 e. The van der Waals surface area contributed by atoms with E-state index in [9.17, 15) is 4.79 Å². The van der Waals surface area contributed by atoms with Crippen LogP contribution in [0.25, 0.3) is 0 Å². The molecule has 98 valence electrons. The van der Waals surface area contributed by atoms with Crippen LogP contribution in [0.2, 0.25) is 0 Å². The molecule has 0 aromatic carbocycles. The Morgan fingerprint density at radius 3 is 2.76 bits per heavy atom. The zero-order valence-corrected chi connectivity index (χ0v) is 10.4. The van der Waals surface area contributed by atoms with Gasteiger partial charge in [-0.15, -0.1) is 0 Å². The van der Waals surface area contributed by atoms with Crippen molar-refractivity contribution in [1.29, 1.82) is 0 Å². The lowest BCUT2D eigenvalue weighted by Gasteiger charge is -2.23. The number of nitrogens with two attached hydrogens (primary N) is 1. The molecule has 0 radical (unpaired) electrons. The Morgan fingerprint density at radius 1 is 1.35 bits per heavy atom. The van der Waals surface area contributed by atoms with Crippen molar-refractivity contribution in [2.75, 3.05) is 26.7 Å². The van der Waals surface area contributed by atoms with Gasteiger partial charge in [0.25, 0.3) is 5.91 Å². The Balaban J connectivity index is 1.78. The lowest BCUT2D eigenvalue weighted by molar-refractivity contribution is -0.142. The summed E-state index contributed by atoms with van der Waals surface area (Å²) in [6.07, 6.45) is 3.79. The minimum atomic E-state index is -0.296. The SMILES string of the molecule is CN(CC1CCCO1)C(=O)[C@@H]1CC[C@H](CN)O1. The summed E-state index contributed by atoms with van der Waals surface area (Å²) in [7, 11) is 1.82. The molecule has 2 rings (SSSR count). The number of carbonyl (C=O) groups is 1. The number of amides is 1. The highest BCUT2D eigenvalue weighted by Crippen LogP contribution is 2.21. The molecule has 2 aliphatic rings. The molecule has 2 aliphatic heterocycles. The van der Waals surface area contributed by atoms with E-state index in [0.29, 0.717) is 13.1 Å². The second-order valence-corrected chi connectivity index (χ2v) is 4.91. The van der Waals surface area contributed by atoms with E-state index in [2.05, 4.69) is 0 Å². The number of likely N-dealkylation sites (N-methyl/N-ethyl adjacent to an activating group) is 1. The van der Waals surface area contributed by atoms with Gasteiger partial charge in [0.2, 0.25) is 0 Å². The van der Waals surface area contributed by atoms with Gasteiger partial charge in [0, 0.05) is 26.7 Å². The number of ether oxygens (including phenoxy) is 2. The van der Waals surface area contributed by atoms with Crippen LogP contribution in [-0.4, -0.2) is 55.9 Å². The summed E-state index contributed by atoms with van der Waals surface area (Å²) in [5.41, 5.74) is 5.53. The van der Waals surface area contributed by atoms with Gasteiger partial charge in [-0.3, -0.25) is 4.79 Å². The van der Waals surface area contributed by atoms with Gasteiger partial charge >= 0.3 is 0 Å².